The average molecular weight is 306 g/mol. The van der Waals surface area contributed by atoms with E-state index in [1.54, 1.807) is 31.3 Å². The highest BCUT2D eigenvalue weighted by Crippen LogP contribution is 2.45. The Kier molecular flexibility index (Phi) is 3.37. The Morgan fingerprint density at radius 2 is 1.81 bits per heavy atom. The van der Waals surface area contributed by atoms with Gasteiger partial charge in [0.1, 0.15) is 0 Å². The average Bonchev–Trinajstić information content (AvgIpc) is 3.02. The van der Waals surface area contributed by atoms with Gasteiger partial charge in [-0.1, -0.05) is 31.0 Å². The van der Waals surface area contributed by atoms with Gasteiger partial charge in [-0.05, 0) is 25.0 Å². The molecular formula is C15H18N2O3S. The summed E-state index contributed by atoms with van der Waals surface area (Å²) in [5.74, 6) is -0.265. The van der Waals surface area contributed by atoms with Crippen LogP contribution in [0.3, 0.4) is 0 Å². The quantitative estimate of drug-likeness (QED) is 0.906. The molecule has 0 unspecified atom stereocenters. The van der Waals surface area contributed by atoms with E-state index in [0.717, 1.165) is 25.7 Å². The molecule has 21 heavy (non-hydrogen) atoms. The lowest BCUT2D eigenvalue weighted by Crippen LogP contribution is -2.47. The Balaban J connectivity index is 1.92. The van der Waals surface area contributed by atoms with Crippen LogP contribution in [0, 0.1) is 0 Å². The van der Waals surface area contributed by atoms with Gasteiger partial charge < -0.3 is 5.32 Å². The van der Waals surface area contributed by atoms with Gasteiger partial charge in [-0.2, -0.15) is 4.31 Å². The molecule has 1 aromatic carbocycles. The highest BCUT2D eigenvalue weighted by Gasteiger charge is 2.51. The van der Waals surface area contributed by atoms with Gasteiger partial charge in [0.15, 0.2) is 0 Å². The van der Waals surface area contributed by atoms with Crippen molar-refractivity contribution >= 4 is 15.9 Å². The van der Waals surface area contributed by atoms with Crippen molar-refractivity contribution in [2.24, 2.45) is 0 Å². The summed E-state index contributed by atoms with van der Waals surface area (Å²) in [6.07, 6.45) is 3.45. The molecule has 1 aromatic rings. The highest BCUT2D eigenvalue weighted by atomic mass is 32.2. The predicted molar refractivity (Wildman–Crippen MR) is 79.9 cm³/mol. The van der Waals surface area contributed by atoms with Crippen molar-refractivity contribution in [3.05, 3.63) is 47.0 Å². The van der Waals surface area contributed by atoms with E-state index in [1.165, 1.54) is 9.71 Å². The molecule has 1 aliphatic heterocycles. The number of rotatable bonds is 2. The minimum Gasteiger partial charge on any atom is -0.323 e. The third-order valence-electron chi connectivity index (χ3n) is 4.47. The molecule has 0 bridgehead atoms. The normalized spacial score (nSPS) is 23.2. The molecule has 0 aromatic heterocycles. The summed E-state index contributed by atoms with van der Waals surface area (Å²) >= 11 is 0. The zero-order valence-corrected chi connectivity index (χ0v) is 12.7. The smallest absolute Gasteiger partial charge is 0.255 e. The number of hydrogen-bond donors (Lipinski definition) is 1. The second kappa shape index (κ2) is 4.96. The van der Waals surface area contributed by atoms with Crippen LogP contribution in [0.4, 0.5) is 0 Å². The molecule has 1 spiro atoms. The number of likely N-dealkylation sites (N-methyl/N-ethyl adjacent to an activating group) is 1. The lowest BCUT2D eigenvalue weighted by atomic mass is 9.94. The Bertz CT molecular complexity index is 689. The number of carbonyl (C=O) groups is 1. The summed E-state index contributed by atoms with van der Waals surface area (Å²) in [5, 5.41) is 4.02. The number of carbonyl (C=O) groups excluding carboxylic acids is 1. The molecule has 1 N–H and O–H groups in total. The monoisotopic (exact) mass is 306 g/mol. The van der Waals surface area contributed by atoms with Gasteiger partial charge in [-0.3, -0.25) is 4.79 Å². The maximum atomic E-state index is 12.3. The van der Waals surface area contributed by atoms with Crippen molar-refractivity contribution in [3.8, 4) is 0 Å². The molecule has 0 atom stereocenters. The van der Waals surface area contributed by atoms with Crippen molar-refractivity contribution in [1.82, 2.24) is 9.62 Å². The van der Waals surface area contributed by atoms with Gasteiger partial charge in [0.05, 0.1) is 16.6 Å². The Morgan fingerprint density at radius 3 is 2.43 bits per heavy atom. The Labute approximate surface area is 124 Å². The van der Waals surface area contributed by atoms with Crippen molar-refractivity contribution in [3.63, 3.8) is 0 Å². The summed E-state index contributed by atoms with van der Waals surface area (Å²) in [7, 11) is -1.84. The fourth-order valence-electron chi connectivity index (χ4n) is 3.22. The molecule has 112 valence electrons. The minimum atomic E-state index is -3.44. The van der Waals surface area contributed by atoms with Crippen LogP contribution in [0.1, 0.15) is 36.0 Å². The topological polar surface area (TPSA) is 66.5 Å². The zero-order valence-electron chi connectivity index (χ0n) is 11.9. The standard InChI is InChI=1S/C15H18N2O3S/c1-17-15(9-5-6-10-15)13(11-21(17,19)20)16-14(18)12-7-3-2-4-8-12/h2-4,7-8,11H,5-6,9-10H2,1H3,(H,16,18). The van der Waals surface area contributed by atoms with Gasteiger partial charge in [0.25, 0.3) is 5.91 Å². The zero-order chi connectivity index (χ0) is 15.1. The van der Waals surface area contributed by atoms with Crippen LogP contribution in [0.25, 0.3) is 0 Å². The van der Waals surface area contributed by atoms with Crippen LogP contribution in [0.15, 0.2) is 41.4 Å². The first-order valence-corrected chi connectivity index (χ1v) is 8.54. The van der Waals surface area contributed by atoms with E-state index in [-0.39, 0.29) is 5.91 Å². The first-order valence-electron chi connectivity index (χ1n) is 7.03. The minimum absolute atomic E-state index is 0.265. The van der Waals surface area contributed by atoms with Crippen LogP contribution < -0.4 is 5.32 Å². The summed E-state index contributed by atoms with van der Waals surface area (Å²) in [5.41, 5.74) is 0.471. The fourth-order valence-corrected chi connectivity index (χ4v) is 4.73. The third kappa shape index (κ3) is 2.28. The second-order valence-corrected chi connectivity index (χ2v) is 7.42. The van der Waals surface area contributed by atoms with Crippen LogP contribution in [0.2, 0.25) is 0 Å². The maximum absolute atomic E-state index is 12.3. The molecule has 1 saturated carbocycles. The SMILES string of the molecule is CN1C2(CCCC2)C(NC(=O)c2ccccc2)=CS1(=O)=O. The number of nitrogens with zero attached hydrogens (tertiary/aromatic N) is 1. The molecule has 1 aliphatic carbocycles. The molecule has 5 nitrogen and oxygen atoms in total. The molecule has 2 aliphatic rings. The molecule has 1 heterocycles. The van der Waals surface area contributed by atoms with Crippen molar-refractivity contribution in [2.45, 2.75) is 31.2 Å². The number of sulfonamides is 1. The lowest BCUT2D eigenvalue weighted by Gasteiger charge is -2.33. The molecule has 0 saturated heterocycles. The predicted octanol–water partition coefficient (Wildman–Crippen LogP) is 1.85. The van der Waals surface area contributed by atoms with Crippen molar-refractivity contribution in [1.29, 1.82) is 0 Å². The van der Waals surface area contributed by atoms with E-state index >= 15 is 0 Å². The van der Waals surface area contributed by atoms with E-state index < -0.39 is 15.6 Å². The number of benzene rings is 1. The van der Waals surface area contributed by atoms with E-state index in [1.807, 2.05) is 6.07 Å². The second-order valence-electron chi connectivity index (χ2n) is 5.60. The van der Waals surface area contributed by atoms with Gasteiger partial charge in [0, 0.05) is 12.6 Å². The largest absolute Gasteiger partial charge is 0.323 e. The Hall–Kier alpha value is -1.66. The number of hydrogen-bond acceptors (Lipinski definition) is 3. The van der Waals surface area contributed by atoms with Crippen molar-refractivity contribution in [2.75, 3.05) is 7.05 Å². The first-order chi connectivity index (χ1) is 9.96. The first kappa shape index (κ1) is 14.3. The van der Waals surface area contributed by atoms with E-state index in [0.29, 0.717) is 11.3 Å². The molecule has 1 fully saturated rings. The molecule has 0 radical (unpaired) electrons. The van der Waals surface area contributed by atoms with Gasteiger partial charge in [0.2, 0.25) is 10.0 Å². The summed E-state index contributed by atoms with van der Waals surface area (Å²) in [6.45, 7) is 0. The highest BCUT2D eigenvalue weighted by molar-refractivity contribution is 7.92. The van der Waals surface area contributed by atoms with Crippen LogP contribution >= 0.6 is 0 Å². The van der Waals surface area contributed by atoms with Crippen LogP contribution in [-0.2, 0) is 10.0 Å². The van der Waals surface area contributed by atoms with Gasteiger partial charge in [-0.25, -0.2) is 8.42 Å². The fraction of sp³-hybridized carbons (Fsp3) is 0.400. The summed E-state index contributed by atoms with van der Waals surface area (Å²) in [6, 6.07) is 8.83. The van der Waals surface area contributed by atoms with Crippen molar-refractivity contribution < 1.29 is 13.2 Å². The number of nitrogens with one attached hydrogen (secondary N) is 1. The molecule has 3 rings (SSSR count). The lowest BCUT2D eigenvalue weighted by molar-refractivity contribution is 0.0953. The Morgan fingerprint density at radius 1 is 1.19 bits per heavy atom. The van der Waals surface area contributed by atoms with E-state index in [4.69, 9.17) is 0 Å². The van der Waals surface area contributed by atoms with Crippen LogP contribution in [-0.4, -0.2) is 31.2 Å². The van der Waals surface area contributed by atoms with E-state index in [9.17, 15) is 13.2 Å². The molecule has 1 amide bonds. The summed E-state index contributed by atoms with van der Waals surface area (Å²) < 4.78 is 25.7. The third-order valence-corrected chi connectivity index (χ3v) is 6.11. The number of amides is 1. The maximum Gasteiger partial charge on any atom is 0.255 e. The van der Waals surface area contributed by atoms with Crippen LogP contribution in [0.5, 0.6) is 0 Å². The van der Waals surface area contributed by atoms with Gasteiger partial charge >= 0.3 is 0 Å². The summed E-state index contributed by atoms with van der Waals surface area (Å²) in [4.78, 5) is 12.3. The van der Waals surface area contributed by atoms with Gasteiger partial charge in [-0.15, -0.1) is 0 Å². The van der Waals surface area contributed by atoms with E-state index in [2.05, 4.69) is 5.32 Å². The molecule has 6 heteroatoms. The molecular weight excluding hydrogens is 288 g/mol.